The quantitative estimate of drug-likeness (QED) is 0.282. The number of nitrogens with zero attached hydrogens (tertiary/aromatic N) is 4. The van der Waals surface area contributed by atoms with Gasteiger partial charge in [-0.25, -0.2) is 9.97 Å². The molecular formula is C33H38N6O2. The third-order valence-electron chi connectivity index (χ3n) is 7.81. The highest BCUT2D eigenvalue weighted by Crippen LogP contribution is 2.42. The van der Waals surface area contributed by atoms with Crippen LogP contribution >= 0.6 is 0 Å². The Labute approximate surface area is 241 Å². The van der Waals surface area contributed by atoms with Crippen molar-refractivity contribution in [1.29, 1.82) is 0 Å². The van der Waals surface area contributed by atoms with E-state index >= 15 is 0 Å². The Morgan fingerprint density at radius 3 is 2.41 bits per heavy atom. The molecule has 212 valence electrons. The van der Waals surface area contributed by atoms with Crippen LogP contribution in [0.15, 0.2) is 79.5 Å². The zero-order valence-electron chi connectivity index (χ0n) is 24.4. The van der Waals surface area contributed by atoms with Crippen LogP contribution in [0.4, 0.5) is 11.5 Å². The highest BCUT2D eigenvalue weighted by molar-refractivity contribution is 6.05. The van der Waals surface area contributed by atoms with E-state index in [2.05, 4.69) is 58.7 Å². The van der Waals surface area contributed by atoms with Gasteiger partial charge in [-0.1, -0.05) is 32.0 Å². The van der Waals surface area contributed by atoms with Gasteiger partial charge in [0, 0.05) is 54.7 Å². The highest BCUT2D eigenvalue weighted by atomic mass is 16.2. The maximum atomic E-state index is 13.6. The lowest BCUT2D eigenvalue weighted by Crippen LogP contribution is -2.47. The summed E-state index contributed by atoms with van der Waals surface area (Å²) >= 11 is 0. The molecule has 2 aromatic carbocycles. The molecule has 0 aliphatic carbocycles. The lowest BCUT2D eigenvalue weighted by Gasteiger charge is -2.44. The molecule has 41 heavy (non-hydrogen) atoms. The van der Waals surface area contributed by atoms with Gasteiger partial charge in [0.2, 0.25) is 0 Å². The van der Waals surface area contributed by atoms with Crippen molar-refractivity contribution in [3.05, 3.63) is 102 Å². The number of hydrogen-bond acceptors (Lipinski definition) is 5. The Kier molecular flexibility index (Phi) is 7.92. The fraction of sp³-hybridized carbons (Fsp3) is 0.333. The molecule has 8 heteroatoms. The Morgan fingerprint density at radius 2 is 1.78 bits per heavy atom. The van der Waals surface area contributed by atoms with E-state index in [0.29, 0.717) is 35.8 Å². The molecule has 4 aromatic rings. The van der Waals surface area contributed by atoms with Crippen LogP contribution in [0, 0.1) is 12.3 Å². The van der Waals surface area contributed by atoms with Gasteiger partial charge in [0.05, 0.1) is 11.9 Å². The number of piperidine rings is 1. The molecule has 0 bridgehead atoms. The van der Waals surface area contributed by atoms with Crippen molar-refractivity contribution in [2.75, 3.05) is 23.7 Å². The third-order valence-corrected chi connectivity index (χ3v) is 7.81. The van der Waals surface area contributed by atoms with E-state index in [1.807, 2.05) is 48.6 Å². The molecule has 2 N–H and O–H groups in total. The van der Waals surface area contributed by atoms with E-state index in [-0.39, 0.29) is 23.3 Å². The van der Waals surface area contributed by atoms with Gasteiger partial charge in [0.25, 0.3) is 11.8 Å². The number of carbonyl (C=O) groups is 2. The number of pyridine rings is 1. The number of aryl methyl sites for hydroxylation is 1. The first-order valence-corrected chi connectivity index (χ1v) is 14.1. The molecule has 1 aliphatic rings. The van der Waals surface area contributed by atoms with Crippen LogP contribution in [0.3, 0.4) is 0 Å². The summed E-state index contributed by atoms with van der Waals surface area (Å²) < 4.78 is 1.99. The van der Waals surface area contributed by atoms with E-state index in [0.717, 1.165) is 23.5 Å². The SMILES string of the molecule is Cc1ccc(C(=O)N2CCC(c3ccc(-n4ccnc4)cc3)C(C)(C)C2)cc1NC(=O)c1ccc(NC(C)C)nc1. The van der Waals surface area contributed by atoms with Crippen molar-refractivity contribution in [2.45, 2.75) is 53.0 Å². The number of amides is 2. The molecule has 5 rings (SSSR count). The number of aromatic nitrogens is 3. The molecule has 2 aromatic heterocycles. The number of rotatable bonds is 7. The molecular weight excluding hydrogens is 512 g/mol. The Morgan fingerprint density at radius 1 is 1.02 bits per heavy atom. The molecule has 2 amide bonds. The standard InChI is InChI=1S/C33H38N6O2/c1-22(2)36-30-13-10-26(19-35-30)31(40)37-29-18-25(7-6-23(29)3)32(41)38-16-14-28(33(4,5)20-38)24-8-11-27(12-9-24)39-17-15-34-21-39/h6-13,15,17-19,21-22,28H,14,16,20H2,1-5H3,(H,35,36)(H,37,40). The van der Waals surface area contributed by atoms with Crippen LogP contribution in [0.25, 0.3) is 5.69 Å². The maximum Gasteiger partial charge on any atom is 0.257 e. The lowest BCUT2D eigenvalue weighted by atomic mass is 9.70. The number of imidazole rings is 1. The van der Waals surface area contributed by atoms with Crippen LogP contribution in [0.2, 0.25) is 0 Å². The first-order chi connectivity index (χ1) is 19.6. The Hall–Kier alpha value is -4.46. The molecule has 1 aliphatic heterocycles. The van der Waals surface area contributed by atoms with E-state index in [4.69, 9.17) is 0 Å². The normalized spacial score (nSPS) is 16.4. The summed E-state index contributed by atoms with van der Waals surface area (Å²) in [6, 6.07) is 17.9. The van der Waals surface area contributed by atoms with E-state index < -0.39 is 0 Å². The minimum atomic E-state index is -0.262. The molecule has 3 heterocycles. The summed E-state index contributed by atoms with van der Waals surface area (Å²) in [6.45, 7) is 11.8. The number of carbonyl (C=O) groups excluding carboxylic acids is 2. The lowest BCUT2D eigenvalue weighted by molar-refractivity contribution is 0.0524. The van der Waals surface area contributed by atoms with Crippen LogP contribution in [0.5, 0.6) is 0 Å². The molecule has 0 spiro atoms. The van der Waals surface area contributed by atoms with Crippen molar-refractivity contribution in [3.8, 4) is 5.69 Å². The molecule has 1 saturated heterocycles. The van der Waals surface area contributed by atoms with Gasteiger partial charge in [-0.15, -0.1) is 0 Å². The monoisotopic (exact) mass is 550 g/mol. The molecule has 0 saturated carbocycles. The summed E-state index contributed by atoms with van der Waals surface area (Å²) in [5.41, 5.74) is 4.80. The average molecular weight is 551 g/mol. The predicted molar refractivity (Wildman–Crippen MR) is 163 cm³/mol. The number of anilines is 2. The molecule has 1 atom stereocenters. The Balaban J connectivity index is 1.26. The van der Waals surface area contributed by atoms with Gasteiger partial charge in [-0.05, 0) is 86.1 Å². The van der Waals surface area contributed by atoms with Gasteiger partial charge < -0.3 is 20.1 Å². The highest BCUT2D eigenvalue weighted by Gasteiger charge is 2.38. The third kappa shape index (κ3) is 6.32. The largest absolute Gasteiger partial charge is 0.368 e. The average Bonchev–Trinajstić information content (AvgIpc) is 3.49. The van der Waals surface area contributed by atoms with Crippen LogP contribution < -0.4 is 10.6 Å². The number of benzene rings is 2. The van der Waals surface area contributed by atoms with Gasteiger partial charge >= 0.3 is 0 Å². The fourth-order valence-corrected chi connectivity index (χ4v) is 5.61. The van der Waals surface area contributed by atoms with Crippen molar-refractivity contribution in [3.63, 3.8) is 0 Å². The topological polar surface area (TPSA) is 92.2 Å². The molecule has 0 radical (unpaired) electrons. The number of hydrogen-bond donors (Lipinski definition) is 2. The zero-order valence-corrected chi connectivity index (χ0v) is 24.4. The van der Waals surface area contributed by atoms with Gasteiger partial charge in [0.1, 0.15) is 5.82 Å². The first-order valence-electron chi connectivity index (χ1n) is 14.1. The smallest absolute Gasteiger partial charge is 0.257 e. The zero-order chi connectivity index (χ0) is 29.1. The van der Waals surface area contributed by atoms with Crippen molar-refractivity contribution < 1.29 is 9.59 Å². The van der Waals surface area contributed by atoms with Crippen molar-refractivity contribution in [1.82, 2.24) is 19.4 Å². The van der Waals surface area contributed by atoms with Crippen LogP contribution in [-0.2, 0) is 0 Å². The summed E-state index contributed by atoms with van der Waals surface area (Å²) in [5.74, 6) is 0.779. The second-order valence-electron chi connectivity index (χ2n) is 11.8. The first kappa shape index (κ1) is 28.1. The van der Waals surface area contributed by atoms with Crippen molar-refractivity contribution >= 4 is 23.3 Å². The van der Waals surface area contributed by atoms with Gasteiger partial charge in [-0.3, -0.25) is 9.59 Å². The molecule has 8 nitrogen and oxygen atoms in total. The Bertz CT molecular complexity index is 1510. The number of likely N-dealkylation sites (tertiary alicyclic amines) is 1. The molecule has 1 unspecified atom stereocenters. The van der Waals surface area contributed by atoms with Crippen LogP contribution in [0.1, 0.15) is 71.9 Å². The second-order valence-corrected chi connectivity index (χ2v) is 11.8. The summed E-state index contributed by atoms with van der Waals surface area (Å²) in [6.07, 6.45) is 7.95. The summed E-state index contributed by atoms with van der Waals surface area (Å²) in [5, 5.41) is 6.19. The fourth-order valence-electron chi connectivity index (χ4n) is 5.61. The maximum absolute atomic E-state index is 13.6. The summed E-state index contributed by atoms with van der Waals surface area (Å²) in [7, 11) is 0. The number of nitrogens with one attached hydrogen (secondary N) is 2. The van der Waals surface area contributed by atoms with Crippen molar-refractivity contribution in [2.24, 2.45) is 5.41 Å². The minimum Gasteiger partial charge on any atom is -0.368 e. The minimum absolute atomic E-state index is 0.0201. The molecule has 1 fully saturated rings. The van der Waals surface area contributed by atoms with E-state index in [9.17, 15) is 9.59 Å². The summed E-state index contributed by atoms with van der Waals surface area (Å²) in [4.78, 5) is 37.0. The second kappa shape index (κ2) is 11.6. The van der Waals surface area contributed by atoms with Gasteiger partial charge in [-0.2, -0.15) is 0 Å². The van der Waals surface area contributed by atoms with E-state index in [1.165, 1.54) is 5.56 Å². The van der Waals surface area contributed by atoms with Crippen LogP contribution in [-0.4, -0.2) is 50.4 Å². The van der Waals surface area contributed by atoms with Gasteiger partial charge in [0.15, 0.2) is 0 Å². The predicted octanol–water partition coefficient (Wildman–Crippen LogP) is 6.30. The van der Waals surface area contributed by atoms with E-state index in [1.54, 1.807) is 36.9 Å².